The molecule has 4 aromatic rings. The molecule has 12 unspecified atom stereocenters. The molecule has 3 saturated carbocycles. The van der Waals surface area contributed by atoms with Crippen LogP contribution in [-0.4, -0.2) is 243 Å². The molecule has 28 heteroatoms. The maximum absolute atomic E-state index is 12.7. The number of carbonyl (C=O) groups excluding carboxylic acids is 5. The molecule has 0 aromatic heterocycles. The van der Waals surface area contributed by atoms with Crippen LogP contribution in [0.25, 0.3) is 0 Å². The highest BCUT2D eigenvalue weighted by Gasteiger charge is 2.43. The quantitative estimate of drug-likeness (QED) is 0.0176. The van der Waals surface area contributed by atoms with Crippen LogP contribution in [0.2, 0.25) is 0 Å². The van der Waals surface area contributed by atoms with E-state index >= 15 is 0 Å². The van der Waals surface area contributed by atoms with Gasteiger partial charge in [-0.25, -0.2) is 8.42 Å². The molecule has 13 fully saturated rings. The first-order chi connectivity index (χ1) is 53.5. The maximum Gasteiger partial charge on any atom is 0.309 e. The number of sulfone groups is 1. The second-order valence-electron chi connectivity index (χ2n) is 30.7. The summed E-state index contributed by atoms with van der Waals surface area (Å²) < 4.78 is 130. The number of hydrogen-bond donors (Lipinski definition) is 0. The standard InChI is InChI=1S/C21H36O4.C19H18O5.C18H18O6S.C14H20O6.C10H14O6/c1-21(2,15-3-7-17(8-4-15)22-11-19-13-24-19)16-5-9-18(10-6-16)23-12-20-14-25-20;20-19(13-1-5-15(6-2-13)21-9-17-11-23-17)14-3-7-16(8-4-14)22-10-18-12-24-18;19-25(20,17-5-1-13(2-6-17)21-9-15-11-23-15)18-7-3-14(4-8-18)22-10-16-12-24-16;15-13(19-7-9-5-17-9)11-3-1-2-4-12(11)14(16)20-8-10-6-18-10;11-9(15-5-7-3-13-7)1-2-10(12)16-6-8-4-14-8/h15-20H,3-14H2,1-2H3;1-8,17-18H,9-12H2;1-8,15-16H,9-12H2;9-12H,1-8H2;7-8H,1-6H2. The van der Waals surface area contributed by atoms with Crippen LogP contribution in [0.4, 0.5) is 0 Å². The minimum Gasteiger partial charge on any atom is -0.491 e. The molecule has 0 N–H and O–H groups in total. The predicted octanol–water partition coefficient (Wildman–Crippen LogP) is 8.84. The number of esters is 4. The summed E-state index contributed by atoms with van der Waals surface area (Å²) in [5, 5.41) is 0. The van der Waals surface area contributed by atoms with E-state index in [0.717, 1.165) is 89.0 Å². The lowest BCUT2D eigenvalue weighted by Gasteiger charge is -2.46. The van der Waals surface area contributed by atoms with Crippen molar-refractivity contribution in [2.24, 2.45) is 29.1 Å². The molecule has 0 bridgehead atoms. The molecule has 602 valence electrons. The van der Waals surface area contributed by atoms with Crippen molar-refractivity contribution in [2.45, 2.75) is 187 Å². The summed E-state index contributed by atoms with van der Waals surface area (Å²) >= 11 is 0. The Hall–Kier alpha value is -6.90. The first-order valence-electron chi connectivity index (χ1n) is 39.2. The Balaban J connectivity index is 0.000000122. The molecule has 0 amide bonds. The van der Waals surface area contributed by atoms with Gasteiger partial charge in [-0.1, -0.05) is 26.7 Å². The van der Waals surface area contributed by atoms with Crippen molar-refractivity contribution in [3.8, 4) is 23.0 Å². The molecule has 27 nitrogen and oxygen atoms in total. The van der Waals surface area contributed by atoms with Crippen molar-refractivity contribution in [3.05, 3.63) is 108 Å². The van der Waals surface area contributed by atoms with E-state index in [2.05, 4.69) is 13.8 Å². The highest BCUT2D eigenvalue weighted by atomic mass is 32.2. The fourth-order valence-corrected chi connectivity index (χ4v) is 14.5. The van der Waals surface area contributed by atoms with Crippen molar-refractivity contribution >= 4 is 39.5 Å². The SMILES string of the molecule is CC(C)(C1CCC(OCC2CO2)CC1)C1CCC(OCC2CO2)CC1.O=C(CCC(=O)OCC1CO1)OCC1CO1.O=C(OCC1CO1)C1CCCCC1C(=O)OCC1CO1.O=C(c1ccc(OCC2CO2)cc1)c1ccc(OCC2CO2)cc1.O=S(=O)(c1ccc(OCC2CO2)cc1)c1ccc(OCC2CO2)cc1. The van der Waals surface area contributed by atoms with Crippen LogP contribution in [-0.2, 0) is 105 Å². The Morgan fingerprint density at radius 3 is 0.873 bits per heavy atom. The number of ketones is 1. The summed E-state index contributed by atoms with van der Waals surface area (Å²) in [4.78, 5) is 59.4. The zero-order valence-electron chi connectivity index (χ0n) is 62.9. The van der Waals surface area contributed by atoms with Gasteiger partial charge in [0, 0.05) is 11.1 Å². The number of ether oxygens (including phenoxy) is 20. The second kappa shape index (κ2) is 39.7. The molecule has 0 radical (unpaired) electrons. The van der Waals surface area contributed by atoms with Crippen molar-refractivity contribution in [1.82, 2.24) is 0 Å². The molecule has 3 aliphatic carbocycles. The van der Waals surface area contributed by atoms with Crippen LogP contribution in [0.15, 0.2) is 107 Å². The molecule has 13 aliphatic rings. The Kier molecular flexibility index (Phi) is 29.3. The Morgan fingerprint density at radius 2 is 0.591 bits per heavy atom. The van der Waals surface area contributed by atoms with Crippen LogP contribution < -0.4 is 18.9 Å². The molecule has 4 aromatic carbocycles. The number of epoxide rings is 10. The zero-order chi connectivity index (χ0) is 76.2. The van der Waals surface area contributed by atoms with Crippen LogP contribution >= 0.6 is 0 Å². The topological polar surface area (TPSA) is 337 Å². The monoisotopic (exact) mass is 1550 g/mol. The third-order valence-corrected chi connectivity index (χ3v) is 23.1. The zero-order valence-corrected chi connectivity index (χ0v) is 63.8. The predicted molar refractivity (Wildman–Crippen MR) is 390 cm³/mol. The summed E-state index contributed by atoms with van der Waals surface area (Å²) in [7, 11) is -3.57. The van der Waals surface area contributed by atoms with Crippen LogP contribution in [0.3, 0.4) is 0 Å². The molecule has 110 heavy (non-hydrogen) atoms. The van der Waals surface area contributed by atoms with Crippen molar-refractivity contribution in [2.75, 3.05) is 132 Å². The van der Waals surface area contributed by atoms with Crippen molar-refractivity contribution in [3.63, 3.8) is 0 Å². The summed E-state index contributed by atoms with van der Waals surface area (Å²) in [5.74, 6) is 2.33. The van der Waals surface area contributed by atoms with Crippen LogP contribution in [0.1, 0.15) is 120 Å². The summed E-state index contributed by atoms with van der Waals surface area (Å²) in [5.41, 5.74) is 1.71. The van der Waals surface area contributed by atoms with E-state index in [9.17, 15) is 32.4 Å². The molecule has 12 atom stereocenters. The average Bonchev–Trinajstić information content (AvgIpc) is 1.70. The smallest absolute Gasteiger partial charge is 0.309 e. The van der Waals surface area contributed by atoms with Gasteiger partial charge in [-0.15, -0.1) is 0 Å². The minimum atomic E-state index is -3.57. The van der Waals surface area contributed by atoms with Gasteiger partial charge in [0.1, 0.15) is 137 Å². The number of hydrogen-bond acceptors (Lipinski definition) is 27. The molecule has 17 rings (SSSR count). The number of carbonyl (C=O) groups is 5. The summed E-state index contributed by atoms with van der Waals surface area (Å²) in [6, 6.07) is 27.2. The van der Waals surface area contributed by atoms with E-state index < -0.39 is 21.8 Å². The van der Waals surface area contributed by atoms with Crippen LogP contribution in [0, 0.1) is 29.1 Å². The lowest BCUT2D eigenvalue weighted by molar-refractivity contribution is -0.163. The van der Waals surface area contributed by atoms with Gasteiger partial charge in [-0.05, 0) is 179 Å². The summed E-state index contributed by atoms with van der Waals surface area (Å²) in [6.07, 6.45) is 16.4. The van der Waals surface area contributed by atoms with E-state index in [1.807, 2.05) is 24.3 Å². The maximum atomic E-state index is 12.7. The molecule has 0 spiro atoms. The first-order valence-corrected chi connectivity index (χ1v) is 40.7. The highest BCUT2D eigenvalue weighted by molar-refractivity contribution is 7.91. The first kappa shape index (κ1) is 81.1. The lowest BCUT2D eigenvalue weighted by atomic mass is 9.60. The molecule has 10 heterocycles. The van der Waals surface area contributed by atoms with Gasteiger partial charge in [-0.3, -0.25) is 24.0 Å². The molecular weight excluding hydrogens is 1450 g/mol. The molecule has 10 saturated heterocycles. The fraction of sp³-hybridized carbons (Fsp3) is 0.646. The number of benzene rings is 4. The largest absolute Gasteiger partial charge is 0.491 e. The third kappa shape index (κ3) is 28.3. The van der Waals surface area contributed by atoms with E-state index in [-0.39, 0.29) is 114 Å². The van der Waals surface area contributed by atoms with Gasteiger partial charge in [0.25, 0.3) is 0 Å². The van der Waals surface area contributed by atoms with Crippen molar-refractivity contribution in [1.29, 1.82) is 0 Å². The normalized spacial score (nSPS) is 29.1. The minimum absolute atomic E-state index is 0.0239. The van der Waals surface area contributed by atoms with E-state index in [0.29, 0.717) is 131 Å². The Bertz CT molecular complexity index is 3420. The summed E-state index contributed by atoms with van der Waals surface area (Å²) in [6.45, 7) is 17.3. The Labute approximate surface area is 642 Å². The van der Waals surface area contributed by atoms with Crippen LogP contribution in [0.5, 0.6) is 23.0 Å². The molecular formula is C82H106O27S. The second-order valence-corrected chi connectivity index (χ2v) is 32.6. The lowest BCUT2D eigenvalue weighted by Crippen LogP contribution is -2.39. The van der Waals surface area contributed by atoms with Crippen molar-refractivity contribution < 1.29 is 127 Å². The van der Waals surface area contributed by atoms with Gasteiger partial charge in [-0.2, -0.15) is 0 Å². The third-order valence-electron chi connectivity index (χ3n) is 21.3. The van der Waals surface area contributed by atoms with Gasteiger partial charge in [0.05, 0.1) is 126 Å². The van der Waals surface area contributed by atoms with Gasteiger partial charge in [0.15, 0.2) is 5.78 Å². The van der Waals surface area contributed by atoms with Gasteiger partial charge >= 0.3 is 23.9 Å². The van der Waals surface area contributed by atoms with Gasteiger partial charge < -0.3 is 94.7 Å². The Morgan fingerprint density at radius 1 is 0.336 bits per heavy atom. The van der Waals surface area contributed by atoms with E-state index in [1.165, 1.54) is 51.4 Å². The van der Waals surface area contributed by atoms with Gasteiger partial charge in [0.2, 0.25) is 9.84 Å². The van der Waals surface area contributed by atoms with E-state index in [4.69, 9.17) is 94.7 Å². The molecule has 10 aliphatic heterocycles. The average molecular weight is 1560 g/mol. The highest BCUT2D eigenvalue weighted by Crippen LogP contribution is 2.49. The fourth-order valence-electron chi connectivity index (χ4n) is 13.3. The van der Waals surface area contributed by atoms with E-state index in [1.54, 1.807) is 72.8 Å². The number of rotatable bonds is 37.